The van der Waals surface area contributed by atoms with Crippen LogP contribution in [-0.4, -0.2) is 17.5 Å². The summed E-state index contributed by atoms with van der Waals surface area (Å²) in [7, 11) is 0. The van der Waals surface area contributed by atoms with E-state index < -0.39 is 6.61 Å². The van der Waals surface area contributed by atoms with Crippen molar-refractivity contribution in [2.24, 2.45) is 0 Å². The van der Waals surface area contributed by atoms with E-state index in [0.717, 1.165) is 5.56 Å². The van der Waals surface area contributed by atoms with Crippen molar-refractivity contribution in [1.29, 1.82) is 0 Å². The van der Waals surface area contributed by atoms with Crippen molar-refractivity contribution in [2.75, 3.05) is 6.61 Å². The van der Waals surface area contributed by atoms with Crippen LogP contribution in [-0.2, 0) is 11.2 Å². The second-order valence-electron chi connectivity index (χ2n) is 2.65. The summed E-state index contributed by atoms with van der Waals surface area (Å²) in [4.78, 5) is 10.9. The number of carbonyl (C=O) groups excluding carboxylic acids is 1. The van der Waals surface area contributed by atoms with E-state index in [-0.39, 0.29) is 12.2 Å². The maximum absolute atomic E-state index is 10.9. The first kappa shape index (κ1) is 10.5. The van der Waals surface area contributed by atoms with Crippen LogP contribution in [0.25, 0.3) is 0 Å². The molecule has 0 spiro atoms. The molecular weight excluding hydrogens is 211 g/mol. The van der Waals surface area contributed by atoms with Gasteiger partial charge in [0, 0.05) is 16.5 Å². The minimum Gasteiger partial charge on any atom is -0.389 e. The van der Waals surface area contributed by atoms with E-state index in [4.69, 9.17) is 28.3 Å². The number of benzene rings is 1. The van der Waals surface area contributed by atoms with Crippen molar-refractivity contribution in [3.63, 3.8) is 0 Å². The van der Waals surface area contributed by atoms with Gasteiger partial charge in [0.2, 0.25) is 0 Å². The smallest absolute Gasteiger partial charge is 0.162 e. The average molecular weight is 219 g/mol. The molecule has 1 rings (SSSR count). The van der Waals surface area contributed by atoms with Crippen LogP contribution >= 0.6 is 23.2 Å². The Balaban J connectivity index is 2.83. The molecule has 0 heterocycles. The van der Waals surface area contributed by atoms with E-state index in [0.29, 0.717) is 10.0 Å². The number of ketones is 1. The quantitative estimate of drug-likeness (QED) is 0.845. The van der Waals surface area contributed by atoms with E-state index in [1.165, 1.54) is 0 Å². The maximum Gasteiger partial charge on any atom is 0.162 e. The van der Waals surface area contributed by atoms with Crippen molar-refractivity contribution in [2.45, 2.75) is 6.42 Å². The third-order valence-corrected chi connectivity index (χ3v) is 1.94. The second kappa shape index (κ2) is 4.61. The Morgan fingerprint density at radius 2 is 1.77 bits per heavy atom. The van der Waals surface area contributed by atoms with Gasteiger partial charge in [0.1, 0.15) is 6.61 Å². The minimum atomic E-state index is -0.454. The van der Waals surface area contributed by atoms with Crippen LogP contribution < -0.4 is 0 Å². The van der Waals surface area contributed by atoms with E-state index >= 15 is 0 Å². The van der Waals surface area contributed by atoms with Crippen LogP contribution in [0.1, 0.15) is 5.56 Å². The fraction of sp³-hybridized carbons (Fsp3) is 0.222. The molecule has 0 bridgehead atoms. The van der Waals surface area contributed by atoms with Crippen LogP contribution in [0.5, 0.6) is 0 Å². The Bertz CT molecular complexity index is 303. The van der Waals surface area contributed by atoms with Gasteiger partial charge < -0.3 is 5.11 Å². The summed E-state index contributed by atoms with van der Waals surface area (Å²) in [6, 6.07) is 4.90. The number of hydrogen-bond donors (Lipinski definition) is 1. The van der Waals surface area contributed by atoms with Crippen LogP contribution in [0, 0.1) is 0 Å². The monoisotopic (exact) mass is 218 g/mol. The fourth-order valence-corrected chi connectivity index (χ4v) is 1.57. The number of Topliss-reactive ketones (excluding diaryl/α,β-unsaturated/α-hetero) is 1. The molecule has 1 N–H and O–H groups in total. The molecule has 0 atom stereocenters. The van der Waals surface area contributed by atoms with E-state index in [1.54, 1.807) is 18.2 Å². The number of hydrogen-bond acceptors (Lipinski definition) is 2. The number of aliphatic hydroxyl groups excluding tert-OH is 1. The molecule has 1 aromatic rings. The molecule has 1 aromatic carbocycles. The Labute approximate surface area is 86.1 Å². The molecule has 70 valence electrons. The summed E-state index contributed by atoms with van der Waals surface area (Å²) in [5.74, 6) is -0.252. The predicted octanol–water partition coefficient (Wildman–Crippen LogP) is 2.10. The summed E-state index contributed by atoms with van der Waals surface area (Å²) in [6.45, 7) is -0.454. The molecule has 0 aromatic heterocycles. The first-order chi connectivity index (χ1) is 6.11. The average Bonchev–Trinajstić information content (AvgIpc) is 2.02. The zero-order chi connectivity index (χ0) is 9.84. The summed E-state index contributed by atoms with van der Waals surface area (Å²) in [6.07, 6.45) is 0.163. The lowest BCUT2D eigenvalue weighted by molar-refractivity contribution is -0.121. The predicted molar refractivity (Wildman–Crippen MR) is 52.3 cm³/mol. The van der Waals surface area contributed by atoms with Gasteiger partial charge in [0.05, 0.1) is 0 Å². The zero-order valence-electron chi connectivity index (χ0n) is 6.76. The molecule has 0 unspecified atom stereocenters. The van der Waals surface area contributed by atoms with E-state index in [9.17, 15) is 4.79 Å². The van der Waals surface area contributed by atoms with Gasteiger partial charge in [-0.05, 0) is 23.8 Å². The van der Waals surface area contributed by atoms with Gasteiger partial charge in [-0.15, -0.1) is 0 Å². The Hall–Kier alpha value is -0.570. The van der Waals surface area contributed by atoms with Gasteiger partial charge in [0.25, 0.3) is 0 Å². The topological polar surface area (TPSA) is 37.3 Å². The highest BCUT2D eigenvalue weighted by Gasteiger charge is 2.03. The highest BCUT2D eigenvalue weighted by Crippen LogP contribution is 2.19. The molecule has 0 saturated heterocycles. The number of aliphatic hydroxyl groups is 1. The Morgan fingerprint density at radius 1 is 1.23 bits per heavy atom. The molecule has 4 heteroatoms. The molecular formula is C9H8Cl2O2. The molecule has 0 aliphatic rings. The number of halogens is 2. The fourth-order valence-electron chi connectivity index (χ4n) is 0.997. The van der Waals surface area contributed by atoms with Crippen molar-refractivity contribution in [3.05, 3.63) is 33.8 Å². The third kappa shape index (κ3) is 3.35. The molecule has 13 heavy (non-hydrogen) atoms. The first-order valence-electron chi connectivity index (χ1n) is 3.69. The number of rotatable bonds is 3. The van der Waals surface area contributed by atoms with Crippen molar-refractivity contribution < 1.29 is 9.90 Å². The molecule has 0 radical (unpaired) electrons. The highest BCUT2D eigenvalue weighted by molar-refractivity contribution is 6.34. The SMILES string of the molecule is O=C(CO)Cc1cc(Cl)cc(Cl)c1. The third-order valence-electron chi connectivity index (χ3n) is 1.50. The molecule has 0 saturated carbocycles. The molecule has 0 aliphatic heterocycles. The lowest BCUT2D eigenvalue weighted by Crippen LogP contribution is -2.07. The summed E-state index contributed by atoms with van der Waals surface area (Å²) >= 11 is 11.4. The second-order valence-corrected chi connectivity index (χ2v) is 3.52. The van der Waals surface area contributed by atoms with Gasteiger partial charge >= 0.3 is 0 Å². The van der Waals surface area contributed by atoms with Gasteiger partial charge in [-0.25, -0.2) is 0 Å². The van der Waals surface area contributed by atoms with Gasteiger partial charge in [-0.3, -0.25) is 4.79 Å². The minimum absolute atomic E-state index is 0.163. The van der Waals surface area contributed by atoms with Crippen molar-refractivity contribution >= 4 is 29.0 Å². The Kier molecular flexibility index (Phi) is 3.72. The van der Waals surface area contributed by atoms with Crippen LogP contribution in [0.2, 0.25) is 10.0 Å². The lowest BCUT2D eigenvalue weighted by atomic mass is 10.1. The van der Waals surface area contributed by atoms with Gasteiger partial charge in [-0.2, -0.15) is 0 Å². The molecule has 2 nitrogen and oxygen atoms in total. The Morgan fingerprint density at radius 3 is 2.23 bits per heavy atom. The summed E-state index contributed by atoms with van der Waals surface area (Å²) < 4.78 is 0. The van der Waals surface area contributed by atoms with Crippen molar-refractivity contribution in [1.82, 2.24) is 0 Å². The normalized spacial score (nSPS) is 10.1. The number of carbonyl (C=O) groups is 1. The van der Waals surface area contributed by atoms with E-state index in [1.807, 2.05) is 0 Å². The van der Waals surface area contributed by atoms with Crippen LogP contribution in [0.15, 0.2) is 18.2 Å². The molecule has 0 aliphatic carbocycles. The largest absolute Gasteiger partial charge is 0.389 e. The van der Waals surface area contributed by atoms with Gasteiger partial charge in [-0.1, -0.05) is 23.2 Å². The van der Waals surface area contributed by atoms with E-state index in [2.05, 4.69) is 0 Å². The standard InChI is InChI=1S/C9H8Cl2O2/c10-7-1-6(2-8(11)4-7)3-9(13)5-12/h1-2,4,12H,3,5H2. The van der Waals surface area contributed by atoms with Gasteiger partial charge in [0.15, 0.2) is 5.78 Å². The van der Waals surface area contributed by atoms with Crippen molar-refractivity contribution in [3.8, 4) is 0 Å². The lowest BCUT2D eigenvalue weighted by Gasteiger charge is -2.00. The molecule has 0 amide bonds. The summed E-state index contributed by atoms with van der Waals surface area (Å²) in [5.41, 5.74) is 0.719. The zero-order valence-corrected chi connectivity index (χ0v) is 8.27. The van der Waals surface area contributed by atoms with Crippen LogP contribution in [0.4, 0.5) is 0 Å². The maximum atomic E-state index is 10.9. The van der Waals surface area contributed by atoms with Crippen LogP contribution in [0.3, 0.4) is 0 Å². The first-order valence-corrected chi connectivity index (χ1v) is 4.45. The summed E-state index contributed by atoms with van der Waals surface area (Å²) in [5, 5.41) is 9.51. The molecule has 0 fully saturated rings. The highest BCUT2D eigenvalue weighted by atomic mass is 35.5.